The van der Waals surface area contributed by atoms with Gasteiger partial charge in [-0.1, -0.05) is 5.16 Å². The van der Waals surface area contributed by atoms with Crippen molar-refractivity contribution in [1.29, 1.82) is 0 Å². The summed E-state index contributed by atoms with van der Waals surface area (Å²) in [7, 11) is 0. The lowest BCUT2D eigenvalue weighted by Gasteiger charge is -2.26. The number of carbonyl (C=O) groups is 1. The Kier molecular flexibility index (Phi) is 3.55. The maximum absolute atomic E-state index is 11.5. The zero-order valence-corrected chi connectivity index (χ0v) is 11.2. The van der Waals surface area contributed by atoms with E-state index in [4.69, 9.17) is 10.4 Å². The van der Waals surface area contributed by atoms with E-state index in [2.05, 4.69) is 10.6 Å². The molecule has 2 aliphatic rings. The fourth-order valence-corrected chi connectivity index (χ4v) is 3.47. The number of nitrogens with two attached hydrogens (primary N) is 1. The van der Waals surface area contributed by atoms with Crippen LogP contribution in [0.2, 0.25) is 0 Å². The highest BCUT2D eigenvalue weighted by Gasteiger charge is 2.31. The molecule has 19 heavy (non-hydrogen) atoms. The molecule has 1 amide bonds. The van der Waals surface area contributed by atoms with E-state index < -0.39 is 0 Å². The monoisotopic (exact) mass is 263 g/mol. The molecule has 104 valence electrons. The number of hydrogen-bond acceptors (Lipinski definition) is 4. The van der Waals surface area contributed by atoms with Gasteiger partial charge in [0, 0.05) is 17.4 Å². The second-order valence-electron chi connectivity index (χ2n) is 5.74. The molecule has 1 saturated carbocycles. The molecule has 0 saturated heterocycles. The lowest BCUT2D eigenvalue weighted by molar-refractivity contribution is -0.126. The van der Waals surface area contributed by atoms with Crippen molar-refractivity contribution in [2.24, 2.45) is 11.8 Å². The fourth-order valence-electron chi connectivity index (χ4n) is 3.47. The molecule has 5 heteroatoms. The molecule has 1 aromatic rings. The molecule has 5 nitrogen and oxygen atoms in total. The lowest BCUT2D eigenvalue weighted by atomic mass is 9.78. The number of nitrogens with one attached hydrogen (secondary N) is 1. The van der Waals surface area contributed by atoms with Crippen molar-refractivity contribution in [2.45, 2.75) is 57.3 Å². The summed E-state index contributed by atoms with van der Waals surface area (Å²) in [4.78, 5) is 11.5. The van der Waals surface area contributed by atoms with Gasteiger partial charge < -0.3 is 4.52 Å². The molecule has 0 radical (unpaired) electrons. The highest BCUT2D eigenvalue weighted by molar-refractivity contribution is 5.78. The Morgan fingerprint density at radius 2 is 1.95 bits per heavy atom. The second-order valence-corrected chi connectivity index (χ2v) is 5.74. The average Bonchev–Trinajstić information content (AvgIpc) is 2.90. The Bertz CT molecular complexity index is 461. The van der Waals surface area contributed by atoms with Gasteiger partial charge in [0.25, 0.3) is 0 Å². The van der Waals surface area contributed by atoms with Gasteiger partial charge in [0.15, 0.2) is 0 Å². The van der Waals surface area contributed by atoms with Crippen LogP contribution in [0.1, 0.15) is 61.5 Å². The van der Waals surface area contributed by atoms with Crippen LogP contribution in [0.5, 0.6) is 0 Å². The predicted molar refractivity (Wildman–Crippen MR) is 70.2 cm³/mol. The van der Waals surface area contributed by atoms with Crippen LogP contribution < -0.4 is 11.3 Å². The molecule has 0 bridgehead atoms. The van der Waals surface area contributed by atoms with Crippen molar-refractivity contribution >= 4 is 5.91 Å². The smallest absolute Gasteiger partial charge is 0.236 e. The van der Waals surface area contributed by atoms with E-state index in [0.717, 1.165) is 44.3 Å². The molecule has 0 atom stereocenters. The molecular weight excluding hydrogens is 242 g/mol. The van der Waals surface area contributed by atoms with Gasteiger partial charge in [0.05, 0.1) is 5.69 Å². The van der Waals surface area contributed by atoms with E-state index in [9.17, 15) is 4.79 Å². The summed E-state index contributed by atoms with van der Waals surface area (Å²) in [5, 5.41) is 4.23. The van der Waals surface area contributed by atoms with Crippen molar-refractivity contribution < 1.29 is 9.32 Å². The number of aryl methyl sites for hydroxylation is 1. The first kappa shape index (κ1) is 12.7. The number of amides is 1. The van der Waals surface area contributed by atoms with Crippen molar-refractivity contribution in [3.8, 4) is 0 Å². The van der Waals surface area contributed by atoms with Gasteiger partial charge in [-0.25, -0.2) is 5.84 Å². The van der Waals surface area contributed by atoms with E-state index in [0.29, 0.717) is 5.92 Å². The summed E-state index contributed by atoms with van der Waals surface area (Å²) in [5.74, 6) is 6.77. The van der Waals surface area contributed by atoms with E-state index in [1.807, 2.05) is 0 Å². The molecule has 0 aliphatic heterocycles. The number of carbonyl (C=O) groups excluding carboxylic acids is 1. The molecule has 0 aromatic carbocycles. The summed E-state index contributed by atoms with van der Waals surface area (Å²) in [5.41, 5.74) is 4.79. The van der Waals surface area contributed by atoms with Crippen LogP contribution >= 0.6 is 0 Å². The normalized spacial score (nSPS) is 26.8. The van der Waals surface area contributed by atoms with E-state index >= 15 is 0 Å². The van der Waals surface area contributed by atoms with Crippen LogP contribution in [0, 0.1) is 5.92 Å². The summed E-state index contributed by atoms with van der Waals surface area (Å²) in [6.45, 7) is 0. The number of hydrogen-bond donors (Lipinski definition) is 2. The van der Waals surface area contributed by atoms with Crippen molar-refractivity contribution in [2.75, 3.05) is 0 Å². The van der Waals surface area contributed by atoms with Crippen LogP contribution in [0.25, 0.3) is 0 Å². The third-order valence-corrected chi connectivity index (χ3v) is 4.60. The minimum atomic E-state index is -0.0296. The van der Waals surface area contributed by atoms with Crippen molar-refractivity contribution in [3.05, 3.63) is 17.0 Å². The molecule has 0 unspecified atom stereocenters. The summed E-state index contributed by atoms with van der Waals surface area (Å²) in [6.07, 6.45) is 8.42. The summed E-state index contributed by atoms with van der Waals surface area (Å²) < 4.78 is 5.60. The fraction of sp³-hybridized carbons (Fsp3) is 0.714. The average molecular weight is 263 g/mol. The van der Waals surface area contributed by atoms with Crippen molar-refractivity contribution in [3.63, 3.8) is 0 Å². The minimum Gasteiger partial charge on any atom is -0.361 e. The van der Waals surface area contributed by atoms with Gasteiger partial charge in [0.2, 0.25) is 5.91 Å². The van der Waals surface area contributed by atoms with Gasteiger partial charge in [-0.3, -0.25) is 10.2 Å². The number of rotatable bonds is 2. The number of hydrazine groups is 1. The largest absolute Gasteiger partial charge is 0.361 e. The molecule has 1 fully saturated rings. The van der Waals surface area contributed by atoms with Gasteiger partial charge in [-0.05, 0) is 51.4 Å². The Morgan fingerprint density at radius 3 is 2.68 bits per heavy atom. The molecular formula is C14H21N3O2. The highest BCUT2D eigenvalue weighted by Crippen LogP contribution is 2.39. The van der Waals surface area contributed by atoms with Gasteiger partial charge >= 0.3 is 0 Å². The van der Waals surface area contributed by atoms with Crippen LogP contribution in [-0.2, 0) is 17.6 Å². The molecule has 3 N–H and O–H groups in total. The molecule has 2 aliphatic carbocycles. The summed E-state index contributed by atoms with van der Waals surface area (Å²) >= 11 is 0. The van der Waals surface area contributed by atoms with Crippen LogP contribution in [0.15, 0.2) is 4.52 Å². The van der Waals surface area contributed by atoms with E-state index in [1.165, 1.54) is 24.1 Å². The van der Waals surface area contributed by atoms with Crippen LogP contribution in [-0.4, -0.2) is 11.1 Å². The van der Waals surface area contributed by atoms with E-state index in [1.54, 1.807) is 0 Å². The topological polar surface area (TPSA) is 81.1 Å². The minimum absolute atomic E-state index is 0.0296. The third kappa shape index (κ3) is 2.39. The Balaban J connectivity index is 1.68. The lowest BCUT2D eigenvalue weighted by Crippen LogP contribution is -2.37. The zero-order chi connectivity index (χ0) is 13.2. The first-order valence-electron chi connectivity index (χ1n) is 7.27. The molecule has 1 aromatic heterocycles. The van der Waals surface area contributed by atoms with Gasteiger partial charge in [0.1, 0.15) is 5.76 Å². The first-order chi connectivity index (χ1) is 9.29. The van der Waals surface area contributed by atoms with Crippen molar-refractivity contribution in [1.82, 2.24) is 10.6 Å². The molecule has 1 heterocycles. The molecule has 3 rings (SSSR count). The Hall–Kier alpha value is -1.36. The summed E-state index contributed by atoms with van der Waals surface area (Å²) in [6, 6.07) is 0. The number of nitrogens with zero attached hydrogens (tertiary/aromatic N) is 1. The Labute approximate surface area is 112 Å². The highest BCUT2D eigenvalue weighted by atomic mass is 16.5. The van der Waals surface area contributed by atoms with E-state index in [-0.39, 0.29) is 11.8 Å². The Morgan fingerprint density at radius 1 is 1.21 bits per heavy atom. The second kappa shape index (κ2) is 5.33. The number of fused-ring (bicyclic) bond motifs is 1. The molecule has 0 spiro atoms. The van der Waals surface area contributed by atoms with Crippen LogP contribution in [0.4, 0.5) is 0 Å². The SMILES string of the molecule is NNC(=O)C1CCC(c2onc3c2CCCC3)CC1. The first-order valence-corrected chi connectivity index (χ1v) is 7.27. The third-order valence-electron chi connectivity index (χ3n) is 4.60. The van der Waals surface area contributed by atoms with Crippen LogP contribution in [0.3, 0.4) is 0 Å². The quantitative estimate of drug-likeness (QED) is 0.484. The van der Waals surface area contributed by atoms with Gasteiger partial charge in [-0.15, -0.1) is 0 Å². The standard InChI is InChI=1S/C14H21N3O2/c15-16-14(18)10-7-5-9(6-8-10)13-11-3-1-2-4-12(11)17-19-13/h9-10H,1-8,15H2,(H,16,18). The maximum atomic E-state index is 11.5. The van der Waals surface area contributed by atoms with Gasteiger partial charge in [-0.2, -0.15) is 0 Å². The predicted octanol–water partition coefficient (Wildman–Crippen LogP) is 1.82. The maximum Gasteiger partial charge on any atom is 0.236 e. The zero-order valence-electron chi connectivity index (χ0n) is 11.2. The number of aromatic nitrogens is 1.